The van der Waals surface area contributed by atoms with Gasteiger partial charge in [-0.15, -0.1) is 0 Å². The molecule has 2 fully saturated rings. The van der Waals surface area contributed by atoms with Gasteiger partial charge in [0.1, 0.15) is 5.75 Å². The summed E-state index contributed by atoms with van der Waals surface area (Å²) in [5.74, 6) is 2.57. The fourth-order valence-electron chi connectivity index (χ4n) is 2.83. The minimum absolute atomic E-state index is 0.740. The Morgan fingerprint density at radius 2 is 1.70 bits per heavy atom. The number of piperidine rings is 1. The summed E-state index contributed by atoms with van der Waals surface area (Å²) >= 11 is 0. The molecular weight excluding hydrogens is 248 g/mol. The Bertz CT molecular complexity index is 406. The van der Waals surface area contributed by atoms with Crippen molar-refractivity contribution in [1.82, 2.24) is 4.90 Å². The van der Waals surface area contributed by atoms with Gasteiger partial charge in [0.15, 0.2) is 0 Å². The Hall–Kier alpha value is -1.06. The molecule has 20 heavy (non-hydrogen) atoms. The first-order valence-corrected chi connectivity index (χ1v) is 7.97. The van der Waals surface area contributed by atoms with Gasteiger partial charge in [-0.3, -0.25) is 4.90 Å². The Kier molecular flexibility index (Phi) is 4.58. The fourth-order valence-corrected chi connectivity index (χ4v) is 2.83. The van der Waals surface area contributed by atoms with E-state index in [1.54, 1.807) is 0 Å². The van der Waals surface area contributed by atoms with Crippen LogP contribution in [0.15, 0.2) is 24.3 Å². The number of benzene rings is 1. The molecule has 0 spiro atoms. The van der Waals surface area contributed by atoms with Crippen molar-refractivity contribution < 1.29 is 4.74 Å². The van der Waals surface area contributed by atoms with Crippen LogP contribution < -0.4 is 10.5 Å². The standard InChI is InChI=1S/C17H26N2O/c18-11-14-7-9-19(10-8-14)12-15-3-5-17(6-4-15)20-13-16-1-2-16/h3-6,14,16H,1-2,7-13,18H2. The van der Waals surface area contributed by atoms with Gasteiger partial charge in [-0.1, -0.05) is 12.1 Å². The molecule has 0 radical (unpaired) electrons. The molecule has 1 aromatic carbocycles. The third-order valence-corrected chi connectivity index (χ3v) is 4.55. The molecule has 110 valence electrons. The van der Waals surface area contributed by atoms with E-state index >= 15 is 0 Å². The first-order valence-electron chi connectivity index (χ1n) is 7.97. The van der Waals surface area contributed by atoms with Gasteiger partial charge in [0, 0.05) is 6.54 Å². The highest BCUT2D eigenvalue weighted by molar-refractivity contribution is 5.27. The van der Waals surface area contributed by atoms with Crippen LogP contribution in [0.3, 0.4) is 0 Å². The second kappa shape index (κ2) is 6.59. The molecule has 1 heterocycles. The highest BCUT2D eigenvalue weighted by Gasteiger charge is 2.22. The Balaban J connectivity index is 1.45. The van der Waals surface area contributed by atoms with Gasteiger partial charge < -0.3 is 10.5 Å². The number of ether oxygens (including phenoxy) is 1. The summed E-state index contributed by atoms with van der Waals surface area (Å²) in [6.07, 6.45) is 5.19. The summed E-state index contributed by atoms with van der Waals surface area (Å²) in [7, 11) is 0. The van der Waals surface area contributed by atoms with Crippen LogP contribution in [0.5, 0.6) is 5.75 Å². The average Bonchev–Trinajstić information content (AvgIpc) is 3.32. The van der Waals surface area contributed by atoms with Crippen molar-refractivity contribution in [3.8, 4) is 5.75 Å². The van der Waals surface area contributed by atoms with Gasteiger partial charge >= 0.3 is 0 Å². The number of hydrogen-bond acceptors (Lipinski definition) is 3. The van der Waals surface area contributed by atoms with E-state index in [0.717, 1.165) is 37.3 Å². The molecule has 3 rings (SSSR count). The predicted octanol–water partition coefficient (Wildman–Crippen LogP) is 2.65. The first kappa shape index (κ1) is 13.9. The smallest absolute Gasteiger partial charge is 0.119 e. The van der Waals surface area contributed by atoms with Crippen LogP contribution in [0.1, 0.15) is 31.2 Å². The minimum Gasteiger partial charge on any atom is -0.493 e. The number of nitrogens with two attached hydrogens (primary N) is 1. The summed E-state index contributed by atoms with van der Waals surface area (Å²) in [5.41, 5.74) is 7.12. The molecule has 2 N–H and O–H groups in total. The Morgan fingerprint density at radius 3 is 2.30 bits per heavy atom. The molecule has 3 nitrogen and oxygen atoms in total. The highest BCUT2D eigenvalue weighted by atomic mass is 16.5. The third kappa shape index (κ3) is 3.97. The van der Waals surface area contributed by atoms with Gasteiger partial charge in [-0.2, -0.15) is 0 Å². The molecule has 1 aromatic rings. The zero-order valence-corrected chi connectivity index (χ0v) is 12.3. The van der Waals surface area contributed by atoms with Crippen LogP contribution in [-0.4, -0.2) is 31.1 Å². The Morgan fingerprint density at radius 1 is 1.00 bits per heavy atom. The van der Waals surface area contributed by atoms with Crippen molar-refractivity contribution in [2.24, 2.45) is 17.6 Å². The normalized spacial score (nSPS) is 21.1. The molecule has 0 unspecified atom stereocenters. The molecule has 0 bridgehead atoms. The molecule has 2 aliphatic rings. The SMILES string of the molecule is NCC1CCN(Cc2ccc(OCC3CC3)cc2)CC1. The monoisotopic (exact) mass is 274 g/mol. The second-order valence-corrected chi connectivity index (χ2v) is 6.35. The summed E-state index contributed by atoms with van der Waals surface area (Å²) in [4.78, 5) is 2.53. The second-order valence-electron chi connectivity index (χ2n) is 6.35. The molecule has 1 saturated carbocycles. The summed E-state index contributed by atoms with van der Waals surface area (Å²) < 4.78 is 5.78. The van der Waals surface area contributed by atoms with Crippen molar-refractivity contribution in [2.45, 2.75) is 32.2 Å². The van der Waals surface area contributed by atoms with E-state index in [-0.39, 0.29) is 0 Å². The summed E-state index contributed by atoms with van der Waals surface area (Å²) in [6.45, 7) is 5.16. The molecule has 0 atom stereocenters. The predicted molar refractivity (Wildman–Crippen MR) is 81.7 cm³/mol. The maximum Gasteiger partial charge on any atom is 0.119 e. The van der Waals surface area contributed by atoms with E-state index in [2.05, 4.69) is 29.2 Å². The molecule has 0 aromatic heterocycles. The quantitative estimate of drug-likeness (QED) is 0.866. The van der Waals surface area contributed by atoms with Gasteiger partial charge in [0.25, 0.3) is 0 Å². The molecule has 1 aliphatic carbocycles. The lowest BCUT2D eigenvalue weighted by atomic mass is 9.97. The van der Waals surface area contributed by atoms with Gasteiger partial charge in [-0.25, -0.2) is 0 Å². The average molecular weight is 274 g/mol. The number of hydrogen-bond donors (Lipinski definition) is 1. The van der Waals surface area contributed by atoms with Crippen LogP contribution in [0.25, 0.3) is 0 Å². The lowest BCUT2D eigenvalue weighted by molar-refractivity contribution is 0.180. The van der Waals surface area contributed by atoms with E-state index in [9.17, 15) is 0 Å². The zero-order chi connectivity index (χ0) is 13.8. The van der Waals surface area contributed by atoms with E-state index in [0.29, 0.717) is 0 Å². The lowest BCUT2D eigenvalue weighted by Gasteiger charge is -2.31. The molecule has 1 saturated heterocycles. The van der Waals surface area contributed by atoms with Gasteiger partial charge in [0.05, 0.1) is 6.61 Å². The molecule has 1 aliphatic heterocycles. The van der Waals surface area contributed by atoms with E-state index < -0.39 is 0 Å². The summed E-state index contributed by atoms with van der Waals surface area (Å²) in [5, 5.41) is 0. The van der Waals surface area contributed by atoms with Crippen LogP contribution >= 0.6 is 0 Å². The van der Waals surface area contributed by atoms with E-state index in [1.165, 1.54) is 44.3 Å². The maximum atomic E-state index is 5.78. The molecular formula is C17H26N2O. The zero-order valence-electron chi connectivity index (χ0n) is 12.3. The van der Waals surface area contributed by atoms with Crippen LogP contribution in [0.4, 0.5) is 0 Å². The highest BCUT2D eigenvalue weighted by Crippen LogP contribution is 2.29. The number of nitrogens with zero attached hydrogens (tertiary/aromatic N) is 1. The third-order valence-electron chi connectivity index (χ3n) is 4.55. The van der Waals surface area contributed by atoms with E-state index in [1.807, 2.05) is 0 Å². The summed E-state index contributed by atoms with van der Waals surface area (Å²) in [6, 6.07) is 8.64. The van der Waals surface area contributed by atoms with Crippen LogP contribution in [0, 0.1) is 11.8 Å². The van der Waals surface area contributed by atoms with E-state index in [4.69, 9.17) is 10.5 Å². The molecule has 0 amide bonds. The number of rotatable bonds is 6. The Labute approximate surface area is 122 Å². The largest absolute Gasteiger partial charge is 0.493 e. The van der Waals surface area contributed by atoms with Crippen molar-refractivity contribution in [3.63, 3.8) is 0 Å². The van der Waals surface area contributed by atoms with Crippen molar-refractivity contribution in [1.29, 1.82) is 0 Å². The van der Waals surface area contributed by atoms with Crippen LogP contribution in [-0.2, 0) is 6.54 Å². The van der Waals surface area contributed by atoms with Crippen molar-refractivity contribution in [2.75, 3.05) is 26.2 Å². The van der Waals surface area contributed by atoms with Gasteiger partial charge in [-0.05, 0) is 74.8 Å². The first-order chi connectivity index (χ1) is 9.83. The van der Waals surface area contributed by atoms with Gasteiger partial charge in [0.2, 0.25) is 0 Å². The van der Waals surface area contributed by atoms with Crippen LogP contribution in [0.2, 0.25) is 0 Å². The topological polar surface area (TPSA) is 38.5 Å². The maximum absolute atomic E-state index is 5.78. The number of likely N-dealkylation sites (tertiary alicyclic amines) is 1. The minimum atomic E-state index is 0.740. The lowest BCUT2D eigenvalue weighted by Crippen LogP contribution is -2.35. The fraction of sp³-hybridized carbons (Fsp3) is 0.647. The molecule has 3 heteroatoms. The van der Waals surface area contributed by atoms with Crippen molar-refractivity contribution in [3.05, 3.63) is 29.8 Å². The van der Waals surface area contributed by atoms with Crippen molar-refractivity contribution >= 4 is 0 Å².